The molecule has 1 aliphatic rings. The second-order valence-electron chi connectivity index (χ2n) is 4.98. The van der Waals surface area contributed by atoms with Crippen LogP contribution in [0.4, 0.5) is 18.9 Å². The van der Waals surface area contributed by atoms with E-state index in [1.807, 2.05) is 12.1 Å². The molecule has 0 bridgehead atoms. The van der Waals surface area contributed by atoms with E-state index in [0.29, 0.717) is 0 Å². The van der Waals surface area contributed by atoms with Gasteiger partial charge in [0.2, 0.25) is 0 Å². The number of nitrogens with zero attached hydrogens (tertiary/aromatic N) is 1. The standard InChI is InChI=1S/C16H14F3N/c17-16(18,19)14-5-7-15(8-6-14)20-10-9-12-3-1-2-4-13(12)11-20/h1-8H,9-11H2. The summed E-state index contributed by atoms with van der Waals surface area (Å²) in [6.45, 7) is 1.59. The Bertz CT molecular complexity index is 602. The average Bonchev–Trinajstić information content (AvgIpc) is 2.46. The van der Waals surface area contributed by atoms with Crippen molar-refractivity contribution in [2.45, 2.75) is 19.1 Å². The van der Waals surface area contributed by atoms with Crippen LogP contribution in [-0.2, 0) is 19.1 Å². The van der Waals surface area contributed by atoms with Crippen LogP contribution in [0.3, 0.4) is 0 Å². The molecule has 0 radical (unpaired) electrons. The Kier molecular flexibility index (Phi) is 3.16. The number of benzene rings is 2. The Balaban J connectivity index is 1.81. The van der Waals surface area contributed by atoms with Gasteiger partial charge in [-0.15, -0.1) is 0 Å². The van der Waals surface area contributed by atoms with Gasteiger partial charge in [-0.05, 0) is 41.8 Å². The first-order valence-corrected chi connectivity index (χ1v) is 6.53. The van der Waals surface area contributed by atoms with Gasteiger partial charge in [-0.25, -0.2) is 0 Å². The molecule has 0 saturated carbocycles. The summed E-state index contributed by atoms with van der Waals surface area (Å²) in [6, 6.07) is 13.6. The Morgan fingerprint density at radius 1 is 0.850 bits per heavy atom. The van der Waals surface area contributed by atoms with Gasteiger partial charge in [0.05, 0.1) is 5.56 Å². The third-order valence-corrected chi connectivity index (χ3v) is 3.69. The average molecular weight is 277 g/mol. The molecular weight excluding hydrogens is 263 g/mol. The Hall–Kier alpha value is -1.97. The van der Waals surface area contributed by atoms with Crippen LogP contribution in [0, 0.1) is 0 Å². The zero-order chi connectivity index (χ0) is 14.2. The molecule has 0 spiro atoms. The van der Waals surface area contributed by atoms with Crippen LogP contribution in [0.15, 0.2) is 48.5 Å². The lowest BCUT2D eigenvalue weighted by atomic mass is 9.99. The minimum absolute atomic E-state index is 0.598. The Morgan fingerprint density at radius 2 is 1.50 bits per heavy atom. The number of alkyl halides is 3. The maximum Gasteiger partial charge on any atom is 0.416 e. The van der Waals surface area contributed by atoms with Crippen molar-refractivity contribution in [2.75, 3.05) is 11.4 Å². The lowest BCUT2D eigenvalue weighted by Gasteiger charge is -2.30. The van der Waals surface area contributed by atoms with E-state index in [1.165, 1.54) is 11.1 Å². The molecule has 1 nitrogen and oxygen atoms in total. The predicted molar refractivity (Wildman–Crippen MR) is 72.6 cm³/mol. The maximum atomic E-state index is 12.5. The topological polar surface area (TPSA) is 3.24 Å². The van der Waals surface area contributed by atoms with Crippen LogP contribution in [-0.4, -0.2) is 6.54 Å². The first-order valence-electron chi connectivity index (χ1n) is 6.53. The molecule has 1 aliphatic heterocycles. The van der Waals surface area contributed by atoms with Crippen molar-refractivity contribution in [3.63, 3.8) is 0 Å². The summed E-state index contributed by atoms with van der Waals surface area (Å²) in [4.78, 5) is 2.11. The molecule has 1 heterocycles. The van der Waals surface area contributed by atoms with Crippen LogP contribution in [0.2, 0.25) is 0 Å². The van der Waals surface area contributed by atoms with E-state index in [1.54, 1.807) is 12.1 Å². The van der Waals surface area contributed by atoms with Crippen LogP contribution in [0.5, 0.6) is 0 Å². The molecule has 0 unspecified atom stereocenters. The van der Waals surface area contributed by atoms with Crippen molar-refractivity contribution in [3.05, 3.63) is 65.2 Å². The summed E-state index contributed by atoms with van der Waals surface area (Å²) in [7, 11) is 0. The quantitative estimate of drug-likeness (QED) is 0.752. The highest BCUT2D eigenvalue weighted by Gasteiger charge is 2.30. The van der Waals surface area contributed by atoms with Gasteiger partial charge < -0.3 is 4.90 Å². The van der Waals surface area contributed by atoms with Gasteiger partial charge in [0, 0.05) is 18.8 Å². The van der Waals surface area contributed by atoms with Crippen LogP contribution in [0.1, 0.15) is 16.7 Å². The zero-order valence-electron chi connectivity index (χ0n) is 10.8. The van der Waals surface area contributed by atoms with E-state index in [-0.39, 0.29) is 0 Å². The summed E-state index contributed by atoms with van der Waals surface area (Å²) in [6.07, 6.45) is -3.34. The van der Waals surface area contributed by atoms with Gasteiger partial charge in [-0.3, -0.25) is 0 Å². The summed E-state index contributed by atoms with van der Waals surface area (Å²) >= 11 is 0. The van der Waals surface area contributed by atoms with E-state index in [9.17, 15) is 13.2 Å². The van der Waals surface area contributed by atoms with Gasteiger partial charge >= 0.3 is 6.18 Å². The second-order valence-corrected chi connectivity index (χ2v) is 4.98. The molecule has 0 saturated heterocycles. The maximum absolute atomic E-state index is 12.5. The highest BCUT2D eigenvalue weighted by molar-refractivity contribution is 5.50. The van der Waals surface area contributed by atoms with Gasteiger partial charge in [-0.2, -0.15) is 13.2 Å². The van der Waals surface area contributed by atoms with Crippen molar-refractivity contribution in [3.8, 4) is 0 Å². The van der Waals surface area contributed by atoms with Crippen molar-refractivity contribution < 1.29 is 13.2 Å². The van der Waals surface area contributed by atoms with Crippen LogP contribution >= 0.6 is 0 Å². The number of hydrogen-bond acceptors (Lipinski definition) is 1. The molecule has 4 heteroatoms. The van der Waals surface area contributed by atoms with E-state index in [0.717, 1.165) is 37.3 Å². The van der Waals surface area contributed by atoms with Gasteiger partial charge in [-0.1, -0.05) is 24.3 Å². The number of rotatable bonds is 1. The lowest BCUT2D eigenvalue weighted by molar-refractivity contribution is -0.137. The SMILES string of the molecule is FC(F)(F)c1ccc(N2CCc3ccccc3C2)cc1. The number of hydrogen-bond donors (Lipinski definition) is 0. The highest BCUT2D eigenvalue weighted by atomic mass is 19.4. The van der Waals surface area contributed by atoms with Crippen LogP contribution < -0.4 is 4.90 Å². The van der Waals surface area contributed by atoms with E-state index in [4.69, 9.17) is 0 Å². The van der Waals surface area contributed by atoms with Gasteiger partial charge in [0.15, 0.2) is 0 Å². The third kappa shape index (κ3) is 2.50. The molecule has 0 aliphatic carbocycles. The van der Waals surface area contributed by atoms with E-state index in [2.05, 4.69) is 17.0 Å². The zero-order valence-corrected chi connectivity index (χ0v) is 10.8. The molecule has 0 N–H and O–H groups in total. The molecule has 3 rings (SSSR count). The fourth-order valence-electron chi connectivity index (χ4n) is 2.58. The summed E-state index contributed by atoms with van der Waals surface area (Å²) in [5, 5.41) is 0. The van der Waals surface area contributed by atoms with Crippen molar-refractivity contribution in [2.24, 2.45) is 0 Å². The molecule has 0 amide bonds. The number of fused-ring (bicyclic) bond motifs is 1. The monoisotopic (exact) mass is 277 g/mol. The number of halogens is 3. The summed E-state index contributed by atoms with van der Waals surface area (Å²) in [5.74, 6) is 0. The largest absolute Gasteiger partial charge is 0.416 e. The normalized spacial score (nSPS) is 15.1. The van der Waals surface area contributed by atoms with E-state index >= 15 is 0 Å². The minimum atomic E-state index is -4.27. The number of anilines is 1. The highest BCUT2D eigenvalue weighted by Crippen LogP contribution is 2.31. The first-order chi connectivity index (χ1) is 9.54. The Morgan fingerprint density at radius 3 is 2.15 bits per heavy atom. The van der Waals surface area contributed by atoms with Crippen molar-refractivity contribution in [1.82, 2.24) is 0 Å². The smallest absolute Gasteiger partial charge is 0.367 e. The molecule has 2 aromatic carbocycles. The molecule has 104 valence electrons. The van der Waals surface area contributed by atoms with Gasteiger partial charge in [0.1, 0.15) is 0 Å². The second kappa shape index (κ2) is 4.85. The van der Waals surface area contributed by atoms with Crippen LogP contribution in [0.25, 0.3) is 0 Å². The molecule has 0 aromatic heterocycles. The molecule has 0 atom stereocenters. The molecule has 20 heavy (non-hydrogen) atoms. The summed E-state index contributed by atoms with van der Waals surface area (Å²) in [5.41, 5.74) is 2.82. The summed E-state index contributed by atoms with van der Waals surface area (Å²) < 4.78 is 37.6. The van der Waals surface area contributed by atoms with Gasteiger partial charge in [0.25, 0.3) is 0 Å². The molecule has 2 aromatic rings. The third-order valence-electron chi connectivity index (χ3n) is 3.69. The molecule has 0 fully saturated rings. The Labute approximate surface area is 115 Å². The first kappa shape index (κ1) is 13.0. The predicted octanol–water partition coefficient (Wildman–Crippen LogP) is 4.27. The minimum Gasteiger partial charge on any atom is -0.367 e. The van der Waals surface area contributed by atoms with Crippen molar-refractivity contribution in [1.29, 1.82) is 0 Å². The van der Waals surface area contributed by atoms with Crippen molar-refractivity contribution >= 4 is 5.69 Å². The molecular formula is C16H14F3N. The fourth-order valence-corrected chi connectivity index (χ4v) is 2.58. The van der Waals surface area contributed by atoms with E-state index < -0.39 is 11.7 Å². The fraction of sp³-hybridized carbons (Fsp3) is 0.250. The lowest BCUT2D eigenvalue weighted by Crippen LogP contribution is -2.30.